The van der Waals surface area contributed by atoms with Gasteiger partial charge in [0.2, 0.25) is 0 Å². The number of thiazole rings is 1. The summed E-state index contributed by atoms with van der Waals surface area (Å²) in [5.74, 6) is -1.25. The van der Waals surface area contributed by atoms with E-state index in [9.17, 15) is 18.0 Å². The zero-order valence-corrected chi connectivity index (χ0v) is 11.7. The van der Waals surface area contributed by atoms with Gasteiger partial charge >= 0.3 is 6.36 Å². The Morgan fingerprint density at radius 1 is 1.38 bits per heavy atom. The lowest BCUT2D eigenvalue weighted by Gasteiger charge is -2.12. The number of hydrogen-bond donors (Lipinski definition) is 1. The Morgan fingerprint density at radius 3 is 2.71 bits per heavy atom. The lowest BCUT2D eigenvalue weighted by Crippen LogP contribution is -2.20. The molecule has 0 saturated carbocycles. The van der Waals surface area contributed by atoms with E-state index in [1.54, 1.807) is 6.20 Å². The quantitative estimate of drug-likeness (QED) is 0.932. The molecule has 21 heavy (non-hydrogen) atoms. The predicted octanol–water partition coefficient (Wildman–Crippen LogP) is 3.86. The van der Waals surface area contributed by atoms with Crippen molar-refractivity contribution in [3.8, 4) is 5.75 Å². The summed E-state index contributed by atoms with van der Waals surface area (Å²) < 4.78 is 40.7. The molecule has 0 aliphatic carbocycles. The fourth-order valence-electron chi connectivity index (χ4n) is 1.56. The number of halogens is 3. The fraction of sp³-hybridized carbons (Fsp3) is 0.231. The highest BCUT2D eigenvalue weighted by Crippen LogP contribution is 2.27. The minimum absolute atomic E-state index is 0.205. The van der Waals surface area contributed by atoms with Crippen LogP contribution in [0.5, 0.6) is 5.75 Å². The summed E-state index contributed by atoms with van der Waals surface area (Å²) in [6.07, 6.45) is -2.48. The number of para-hydroxylation sites is 1. The normalized spacial score (nSPS) is 11.2. The number of nitrogens with one attached hydrogen (secondary N) is 1. The Hall–Kier alpha value is -2.09. The van der Waals surface area contributed by atoms with Crippen molar-refractivity contribution in [2.75, 3.05) is 5.32 Å². The van der Waals surface area contributed by atoms with Crippen LogP contribution in [0.15, 0.2) is 30.5 Å². The second-order valence-electron chi connectivity index (χ2n) is 3.98. The Balaban J connectivity index is 2.19. The minimum Gasteiger partial charge on any atom is -0.405 e. The number of ether oxygens (including phenoxy) is 1. The summed E-state index contributed by atoms with van der Waals surface area (Å²) in [5.41, 5.74) is -0.205. The Bertz CT molecular complexity index is 640. The van der Waals surface area contributed by atoms with Gasteiger partial charge in [-0.25, -0.2) is 4.98 Å². The monoisotopic (exact) mass is 316 g/mol. The van der Waals surface area contributed by atoms with Gasteiger partial charge in [-0.15, -0.1) is 24.5 Å². The molecule has 1 amide bonds. The van der Waals surface area contributed by atoms with Gasteiger partial charge < -0.3 is 4.74 Å². The summed E-state index contributed by atoms with van der Waals surface area (Å²) in [6.45, 7) is 1.94. The van der Waals surface area contributed by atoms with Crippen LogP contribution in [0.25, 0.3) is 0 Å². The molecular weight excluding hydrogens is 305 g/mol. The number of aryl methyl sites for hydroxylation is 1. The van der Waals surface area contributed by atoms with E-state index in [1.807, 2.05) is 6.92 Å². The van der Waals surface area contributed by atoms with Crippen LogP contribution in [-0.4, -0.2) is 17.3 Å². The number of hydrogen-bond acceptors (Lipinski definition) is 4. The number of alkyl halides is 3. The second-order valence-corrected chi connectivity index (χ2v) is 5.10. The van der Waals surface area contributed by atoms with Gasteiger partial charge in [-0.05, 0) is 18.6 Å². The number of amides is 1. The first-order valence-electron chi connectivity index (χ1n) is 6.00. The lowest BCUT2D eigenvalue weighted by molar-refractivity contribution is -0.274. The van der Waals surface area contributed by atoms with E-state index in [4.69, 9.17) is 0 Å². The first-order chi connectivity index (χ1) is 9.89. The van der Waals surface area contributed by atoms with Gasteiger partial charge in [0.05, 0.1) is 5.56 Å². The largest absolute Gasteiger partial charge is 0.573 e. The first kappa shape index (κ1) is 15.3. The van der Waals surface area contributed by atoms with Gasteiger partial charge in [-0.3, -0.25) is 10.1 Å². The molecule has 1 aromatic heterocycles. The summed E-state index contributed by atoms with van der Waals surface area (Å²) >= 11 is 1.27. The van der Waals surface area contributed by atoms with Gasteiger partial charge in [0.25, 0.3) is 5.91 Å². The maximum atomic E-state index is 12.3. The van der Waals surface area contributed by atoms with Gasteiger partial charge in [0, 0.05) is 11.1 Å². The van der Waals surface area contributed by atoms with E-state index < -0.39 is 18.0 Å². The first-order valence-corrected chi connectivity index (χ1v) is 6.81. The summed E-state index contributed by atoms with van der Waals surface area (Å²) in [5, 5.41) is 2.79. The van der Waals surface area contributed by atoms with Crippen LogP contribution >= 0.6 is 11.3 Å². The van der Waals surface area contributed by atoms with E-state index in [-0.39, 0.29) is 5.56 Å². The van der Waals surface area contributed by atoms with E-state index >= 15 is 0 Å². The van der Waals surface area contributed by atoms with Gasteiger partial charge in [-0.2, -0.15) is 0 Å². The summed E-state index contributed by atoms with van der Waals surface area (Å²) in [7, 11) is 0. The lowest BCUT2D eigenvalue weighted by atomic mass is 10.2. The SMILES string of the molecule is CCc1cnc(NC(=O)c2ccccc2OC(F)(F)F)s1. The highest BCUT2D eigenvalue weighted by molar-refractivity contribution is 7.15. The van der Waals surface area contributed by atoms with E-state index in [1.165, 1.54) is 29.5 Å². The predicted molar refractivity (Wildman–Crippen MR) is 72.6 cm³/mol. The van der Waals surface area contributed by atoms with Crippen LogP contribution in [0, 0.1) is 0 Å². The van der Waals surface area contributed by atoms with Crippen molar-refractivity contribution < 1.29 is 22.7 Å². The number of carbonyl (C=O) groups is 1. The van der Waals surface area contributed by atoms with Gasteiger partial charge in [0.15, 0.2) is 5.13 Å². The molecule has 4 nitrogen and oxygen atoms in total. The third kappa shape index (κ3) is 4.19. The van der Waals surface area contributed by atoms with Crippen LogP contribution in [0.2, 0.25) is 0 Å². The summed E-state index contributed by atoms with van der Waals surface area (Å²) in [6, 6.07) is 5.15. The topological polar surface area (TPSA) is 51.2 Å². The average Bonchev–Trinajstić information content (AvgIpc) is 2.85. The molecule has 0 aliphatic rings. The minimum atomic E-state index is -4.85. The smallest absolute Gasteiger partial charge is 0.405 e. The third-order valence-corrected chi connectivity index (χ3v) is 3.54. The molecule has 0 saturated heterocycles. The zero-order valence-electron chi connectivity index (χ0n) is 10.9. The molecule has 0 spiro atoms. The van der Waals surface area contributed by atoms with Crippen LogP contribution in [0.3, 0.4) is 0 Å². The van der Waals surface area contributed by atoms with Crippen LogP contribution in [0.4, 0.5) is 18.3 Å². The molecule has 0 aliphatic heterocycles. The summed E-state index contributed by atoms with van der Waals surface area (Å²) in [4.78, 5) is 17.0. The van der Waals surface area contributed by atoms with E-state index in [0.29, 0.717) is 5.13 Å². The van der Waals surface area contributed by atoms with Crippen molar-refractivity contribution in [2.24, 2.45) is 0 Å². The van der Waals surface area contributed by atoms with E-state index in [2.05, 4.69) is 15.0 Å². The highest BCUT2D eigenvalue weighted by atomic mass is 32.1. The molecule has 2 aromatic rings. The molecule has 8 heteroatoms. The molecule has 0 unspecified atom stereocenters. The molecule has 0 fully saturated rings. The number of benzene rings is 1. The number of nitrogens with zero attached hydrogens (tertiary/aromatic N) is 1. The molecule has 112 valence electrons. The molecule has 0 radical (unpaired) electrons. The van der Waals surface area contributed by atoms with Crippen molar-refractivity contribution in [2.45, 2.75) is 19.7 Å². The van der Waals surface area contributed by atoms with Crippen LogP contribution in [0.1, 0.15) is 22.2 Å². The zero-order chi connectivity index (χ0) is 15.5. The molecule has 0 atom stereocenters. The molecule has 2 rings (SSSR count). The second kappa shape index (κ2) is 6.13. The third-order valence-electron chi connectivity index (χ3n) is 2.48. The van der Waals surface area contributed by atoms with Crippen LogP contribution < -0.4 is 10.1 Å². The standard InChI is InChI=1S/C13H11F3N2O2S/c1-2-8-7-17-12(21-8)18-11(19)9-5-3-4-6-10(9)20-13(14,15)16/h3-7H,2H2,1H3,(H,17,18,19). The fourth-order valence-corrected chi connectivity index (χ4v) is 2.31. The Kier molecular flexibility index (Phi) is 4.46. The number of anilines is 1. The van der Waals surface area contributed by atoms with Gasteiger partial charge in [-0.1, -0.05) is 19.1 Å². The number of aromatic nitrogens is 1. The molecule has 1 heterocycles. The average molecular weight is 316 g/mol. The van der Waals surface area contributed by atoms with Crippen molar-refractivity contribution in [3.63, 3.8) is 0 Å². The number of rotatable bonds is 4. The molecular formula is C13H11F3N2O2S. The van der Waals surface area contributed by atoms with Crippen molar-refractivity contribution in [1.82, 2.24) is 4.98 Å². The maximum absolute atomic E-state index is 12.3. The van der Waals surface area contributed by atoms with Crippen LogP contribution in [-0.2, 0) is 6.42 Å². The molecule has 0 bridgehead atoms. The molecule has 1 aromatic carbocycles. The number of carbonyl (C=O) groups excluding carboxylic acids is 1. The Morgan fingerprint density at radius 2 is 2.10 bits per heavy atom. The van der Waals surface area contributed by atoms with Crippen molar-refractivity contribution in [3.05, 3.63) is 40.9 Å². The van der Waals surface area contributed by atoms with Gasteiger partial charge in [0.1, 0.15) is 5.75 Å². The van der Waals surface area contributed by atoms with E-state index in [0.717, 1.165) is 17.4 Å². The Labute approximate surface area is 122 Å². The van der Waals surface area contributed by atoms with Crippen molar-refractivity contribution in [1.29, 1.82) is 0 Å². The molecule has 1 N–H and O–H groups in total. The maximum Gasteiger partial charge on any atom is 0.573 e. The highest BCUT2D eigenvalue weighted by Gasteiger charge is 2.32. The van der Waals surface area contributed by atoms with Crippen molar-refractivity contribution >= 4 is 22.4 Å².